The SMILES string of the molecule is Cc1ccnc(NC(=O)c2ccc(Cl)c(N)c2)c1. The van der Waals surface area contributed by atoms with Gasteiger partial charge in [-0.25, -0.2) is 4.98 Å². The summed E-state index contributed by atoms with van der Waals surface area (Å²) in [7, 11) is 0. The van der Waals surface area contributed by atoms with E-state index >= 15 is 0 Å². The van der Waals surface area contributed by atoms with Gasteiger partial charge in [0.15, 0.2) is 0 Å². The third-order valence-electron chi connectivity index (χ3n) is 2.42. The molecule has 3 N–H and O–H groups in total. The largest absolute Gasteiger partial charge is 0.398 e. The van der Waals surface area contributed by atoms with Gasteiger partial charge in [0.2, 0.25) is 0 Å². The number of nitrogens with one attached hydrogen (secondary N) is 1. The highest BCUT2D eigenvalue weighted by Crippen LogP contribution is 2.20. The van der Waals surface area contributed by atoms with Crippen molar-refractivity contribution >= 4 is 29.0 Å². The number of carbonyl (C=O) groups excluding carboxylic acids is 1. The summed E-state index contributed by atoms with van der Waals surface area (Å²) >= 11 is 5.80. The molecule has 5 heteroatoms. The number of pyridine rings is 1. The number of carbonyl (C=O) groups is 1. The first-order chi connectivity index (χ1) is 8.56. The van der Waals surface area contributed by atoms with Gasteiger partial charge in [0.05, 0.1) is 10.7 Å². The van der Waals surface area contributed by atoms with E-state index < -0.39 is 0 Å². The fourth-order valence-corrected chi connectivity index (χ4v) is 1.60. The number of nitrogens with zero attached hydrogens (tertiary/aromatic N) is 1. The van der Waals surface area contributed by atoms with Crippen molar-refractivity contribution in [3.05, 3.63) is 52.7 Å². The number of halogens is 1. The van der Waals surface area contributed by atoms with Crippen molar-refractivity contribution in [1.82, 2.24) is 4.98 Å². The summed E-state index contributed by atoms with van der Waals surface area (Å²) in [5.74, 6) is 0.241. The normalized spacial score (nSPS) is 10.1. The van der Waals surface area contributed by atoms with Crippen LogP contribution in [0.3, 0.4) is 0 Å². The van der Waals surface area contributed by atoms with Gasteiger partial charge in [0.1, 0.15) is 5.82 Å². The van der Waals surface area contributed by atoms with Crippen LogP contribution in [-0.4, -0.2) is 10.9 Å². The molecule has 2 aromatic rings. The molecule has 0 radical (unpaired) electrons. The van der Waals surface area contributed by atoms with Crippen LogP contribution in [-0.2, 0) is 0 Å². The molecule has 2 rings (SSSR count). The van der Waals surface area contributed by atoms with E-state index in [2.05, 4.69) is 10.3 Å². The van der Waals surface area contributed by atoms with E-state index in [1.54, 1.807) is 24.4 Å². The van der Waals surface area contributed by atoms with Crippen molar-refractivity contribution < 1.29 is 4.79 Å². The van der Waals surface area contributed by atoms with Crippen molar-refractivity contribution in [2.24, 2.45) is 0 Å². The molecule has 18 heavy (non-hydrogen) atoms. The second-order valence-corrected chi connectivity index (χ2v) is 4.32. The fourth-order valence-electron chi connectivity index (χ4n) is 1.48. The van der Waals surface area contributed by atoms with Crippen molar-refractivity contribution in [3.8, 4) is 0 Å². The Balaban J connectivity index is 2.19. The summed E-state index contributed by atoms with van der Waals surface area (Å²) in [6.45, 7) is 1.93. The highest BCUT2D eigenvalue weighted by atomic mass is 35.5. The topological polar surface area (TPSA) is 68.0 Å². The van der Waals surface area contributed by atoms with E-state index in [9.17, 15) is 4.79 Å². The molecule has 0 bridgehead atoms. The van der Waals surface area contributed by atoms with Crippen molar-refractivity contribution in [3.63, 3.8) is 0 Å². The lowest BCUT2D eigenvalue weighted by atomic mass is 10.2. The van der Waals surface area contributed by atoms with Crippen LogP contribution in [0.5, 0.6) is 0 Å². The van der Waals surface area contributed by atoms with Crippen molar-refractivity contribution in [2.75, 3.05) is 11.1 Å². The third kappa shape index (κ3) is 2.78. The number of anilines is 2. The van der Waals surface area contributed by atoms with Crippen molar-refractivity contribution in [2.45, 2.75) is 6.92 Å². The number of hydrogen-bond acceptors (Lipinski definition) is 3. The van der Waals surface area contributed by atoms with Gasteiger partial charge >= 0.3 is 0 Å². The minimum Gasteiger partial charge on any atom is -0.398 e. The highest BCUT2D eigenvalue weighted by molar-refractivity contribution is 6.33. The number of nitrogens with two attached hydrogens (primary N) is 1. The second kappa shape index (κ2) is 5.06. The van der Waals surface area contributed by atoms with E-state index in [0.29, 0.717) is 22.1 Å². The predicted octanol–water partition coefficient (Wildman–Crippen LogP) is 2.88. The maximum Gasteiger partial charge on any atom is 0.256 e. The lowest BCUT2D eigenvalue weighted by molar-refractivity contribution is 0.102. The van der Waals surface area contributed by atoms with E-state index in [1.165, 1.54) is 6.07 Å². The van der Waals surface area contributed by atoms with E-state index in [4.69, 9.17) is 17.3 Å². The van der Waals surface area contributed by atoms with E-state index in [-0.39, 0.29) is 5.91 Å². The van der Waals surface area contributed by atoms with Crippen LogP contribution in [0.1, 0.15) is 15.9 Å². The van der Waals surface area contributed by atoms with Crippen LogP contribution in [0.2, 0.25) is 5.02 Å². The summed E-state index contributed by atoms with van der Waals surface area (Å²) in [6.07, 6.45) is 1.64. The molecule has 0 atom stereocenters. The fraction of sp³-hybridized carbons (Fsp3) is 0.0769. The summed E-state index contributed by atoms with van der Waals surface area (Å²) in [4.78, 5) is 16.0. The number of aryl methyl sites for hydroxylation is 1. The Labute approximate surface area is 110 Å². The van der Waals surface area contributed by atoms with Gasteiger partial charge in [-0.3, -0.25) is 4.79 Å². The summed E-state index contributed by atoms with van der Waals surface area (Å²) in [5, 5.41) is 3.13. The molecule has 0 spiro atoms. The molecule has 0 aliphatic carbocycles. The number of benzene rings is 1. The Hall–Kier alpha value is -2.07. The molecule has 1 heterocycles. The van der Waals surface area contributed by atoms with Gasteiger partial charge in [-0.1, -0.05) is 11.6 Å². The second-order valence-electron chi connectivity index (χ2n) is 3.91. The predicted molar refractivity (Wildman–Crippen MR) is 72.8 cm³/mol. The molecule has 1 amide bonds. The van der Waals surface area contributed by atoms with Crippen LogP contribution < -0.4 is 11.1 Å². The molecule has 0 unspecified atom stereocenters. The lowest BCUT2D eigenvalue weighted by Crippen LogP contribution is -2.13. The lowest BCUT2D eigenvalue weighted by Gasteiger charge is -2.06. The zero-order chi connectivity index (χ0) is 13.1. The minimum absolute atomic E-state index is 0.267. The first-order valence-electron chi connectivity index (χ1n) is 5.35. The smallest absolute Gasteiger partial charge is 0.256 e. The number of nitrogen functional groups attached to an aromatic ring is 1. The molecule has 0 aliphatic rings. The van der Waals surface area contributed by atoms with Crippen LogP contribution >= 0.6 is 11.6 Å². The summed E-state index contributed by atoms with van der Waals surface area (Å²) < 4.78 is 0. The number of hydrogen-bond donors (Lipinski definition) is 2. The minimum atomic E-state index is -0.267. The Kier molecular flexibility index (Phi) is 3.48. The average Bonchev–Trinajstić information content (AvgIpc) is 2.32. The van der Waals surface area contributed by atoms with Crippen LogP contribution in [0.25, 0.3) is 0 Å². The zero-order valence-electron chi connectivity index (χ0n) is 9.77. The molecule has 0 fully saturated rings. The van der Waals surface area contributed by atoms with Gasteiger partial charge in [-0.15, -0.1) is 0 Å². The molecule has 92 valence electrons. The summed E-state index contributed by atoms with van der Waals surface area (Å²) in [6, 6.07) is 8.39. The first kappa shape index (κ1) is 12.4. The molecule has 0 saturated carbocycles. The molecule has 0 saturated heterocycles. The van der Waals surface area contributed by atoms with Gasteiger partial charge in [0, 0.05) is 11.8 Å². The quantitative estimate of drug-likeness (QED) is 0.817. The molecule has 1 aromatic heterocycles. The monoisotopic (exact) mass is 261 g/mol. The zero-order valence-corrected chi connectivity index (χ0v) is 10.5. The van der Waals surface area contributed by atoms with Crippen molar-refractivity contribution in [1.29, 1.82) is 0 Å². The van der Waals surface area contributed by atoms with Crippen LogP contribution in [0.15, 0.2) is 36.5 Å². The number of rotatable bonds is 2. The van der Waals surface area contributed by atoms with Gasteiger partial charge in [-0.05, 0) is 42.8 Å². The Morgan fingerprint density at radius 2 is 2.11 bits per heavy atom. The molecule has 1 aromatic carbocycles. The molecular formula is C13H12ClN3O. The molecular weight excluding hydrogens is 250 g/mol. The Morgan fingerprint density at radius 3 is 2.78 bits per heavy atom. The maximum atomic E-state index is 11.9. The van der Waals surface area contributed by atoms with Gasteiger partial charge in [0.25, 0.3) is 5.91 Å². The van der Waals surface area contributed by atoms with Gasteiger partial charge in [-0.2, -0.15) is 0 Å². The summed E-state index contributed by atoms with van der Waals surface area (Å²) in [5.41, 5.74) is 7.49. The van der Waals surface area contributed by atoms with Gasteiger partial charge < -0.3 is 11.1 Å². The Bertz CT molecular complexity index is 599. The van der Waals surface area contributed by atoms with E-state index in [1.807, 2.05) is 13.0 Å². The third-order valence-corrected chi connectivity index (χ3v) is 2.76. The highest BCUT2D eigenvalue weighted by Gasteiger charge is 2.08. The Morgan fingerprint density at radius 1 is 1.33 bits per heavy atom. The number of aromatic nitrogens is 1. The first-order valence-corrected chi connectivity index (χ1v) is 5.73. The number of amides is 1. The molecule has 0 aliphatic heterocycles. The average molecular weight is 262 g/mol. The maximum absolute atomic E-state index is 11.9. The van der Waals surface area contributed by atoms with Crippen LogP contribution in [0, 0.1) is 6.92 Å². The standard InChI is InChI=1S/C13H12ClN3O/c1-8-4-5-16-12(6-8)17-13(18)9-2-3-10(14)11(15)7-9/h2-7H,15H2,1H3,(H,16,17,18). The molecule has 4 nitrogen and oxygen atoms in total. The van der Waals surface area contributed by atoms with Crippen LogP contribution in [0.4, 0.5) is 11.5 Å². The van der Waals surface area contributed by atoms with E-state index in [0.717, 1.165) is 5.56 Å².